The molecule has 0 aliphatic heterocycles. The summed E-state index contributed by atoms with van der Waals surface area (Å²) in [7, 11) is 0. The van der Waals surface area contributed by atoms with Crippen molar-refractivity contribution in [2.45, 2.75) is 18.6 Å². The van der Waals surface area contributed by atoms with Gasteiger partial charge in [-0.3, -0.25) is 0 Å². The van der Waals surface area contributed by atoms with Gasteiger partial charge in [0.1, 0.15) is 22.4 Å². The van der Waals surface area contributed by atoms with E-state index in [4.69, 9.17) is 5.73 Å². The molecule has 0 fully saturated rings. The van der Waals surface area contributed by atoms with Crippen molar-refractivity contribution < 1.29 is 0 Å². The van der Waals surface area contributed by atoms with Gasteiger partial charge in [-0.05, 0) is 36.0 Å². The summed E-state index contributed by atoms with van der Waals surface area (Å²) in [6.07, 6.45) is 3.54. The van der Waals surface area contributed by atoms with Crippen molar-refractivity contribution in [3.63, 3.8) is 0 Å². The number of nitrogen functional groups attached to an aromatic ring is 1. The Balaban J connectivity index is 2.70. The van der Waals surface area contributed by atoms with Crippen LogP contribution in [0.1, 0.15) is 13.8 Å². The molecule has 1 aromatic heterocycles. The fourth-order valence-corrected chi connectivity index (χ4v) is 1.44. The van der Waals surface area contributed by atoms with Crippen LogP contribution in [0.25, 0.3) is 0 Å². The molecule has 3 N–H and O–H groups in total. The van der Waals surface area contributed by atoms with Crippen molar-refractivity contribution in [3.8, 4) is 0 Å². The first-order valence-corrected chi connectivity index (χ1v) is 6.53. The molecule has 84 valence electrons. The Bertz CT molecular complexity index is 343. The fourth-order valence-electron chi connectivity index (χ4n) is 0.875. The van der Waals surface area contributed by atoms with Gasteiger partial charge in [-0.1, -0.05) is 0 Å². The summed E-state index contributed by atoms with van der Waals surface area (Å²) in [6, 6.07) is 0. The molecule has 6 heteroatoms. The summed E-state index contributed by atoms with van der Waals surface area (Å²) >= 11 is 5.15. The molecule has 0 aromatic carbocycles. The summed E-state index contributed by atoms with van der Waals surface area (Å²) in [6.45, 7) is 5.16. The number of hydrogen-bond acceptors (Lipinski definition) is 5. The SMILES string of the molecule is CSC(C)(C)CNc1ncnc(N)c1Br. The van der Waals surface area contributed by atoms with E-state index in [-0.39, 0.29) is 4.75 Å². The molecule has 0 aliphatic rings. The van der Waals surface area contributed by atoms with Crippen LogP contribution in [0.5, 0.6) is 0 Å². The lowest BCUT2D eigenvalue weighted by Gasteiger charge is -2.22. The lowest BCUT2D eigenvalue weighted by atomic mass is 10.2. The van der Waals surface area contributed by atoms with Crippen LogP contribution in [-0.4, -0.2) is 27.5 Å². The monoisotopic (exact) mass is 290 g/mol. The third-order valence-electron chi connectivity index (χ3n) is 2.05. The highest BCUT2D eigenvalue weighted by Crippen LogP contribution is 2.26. The van der Waals surface area contributed by atoms with E-state index in [1.54, 1.807) is 11.8 Å². The lowest BCUT2D eigenvalue weighted by molar-refractivity contribution is 0.749. The maximum Gasteiger partial charge on any atom is 0.145 e. The zero-order valence-electron chi connectivity index (χ0n) is 9.04. The Labute approximate surface area is 103 Å². The van der Waals surface area contributed by atoms with Crippen molar-refractivity contribution >= 4 is 39.3 Å². The second-order valence-corrected chi connectivity index (χ2v) is 6.05. The average Bonchev–Trinajstić information content (AvgIpc) is 2.20. The predicted octanol–water partition coefficient (Wildman–Crippen LogP) is 2.37. The zero-order chi connectivity index (χ0) is 11.5. The van der Waals surface area contributed by atoms with E-state index in [9.17, 15) is 0 Å². The number of aromatic nitrogens is 2. The molecule has 1 heterocycles. The van der Waals surface area contributed by atoms with Crippen LogP contribution < -0.4 is 11.1 Å². The van der Waals surface area contributed by atoms with E-state index in [1.807, 2.05) is 0 Å². The summed E-state index contributed by atoms with van der Waals surface area (Å²) in [5.41, 5.74) is 5.65. The number of nitrogens with one attached hydrogen (secondary N) is 1. The first-order chi connectivity index (χ1) is 6.96. The highest BCUT2D eigenvalue weighted by molar-refractivity contribution is 9.10. The molecule has 0 saturated heterocycles. The Morgan fingerprint density at radius 2 is 2.20 bits per heavy atom. The Morgan fingerprint density at radius 1 is 1.53 bits per heavy atom. The number of nitrogens with zero attached hydrogens (tertiary/aromatic N) is 2. The molecule has 15 heavy (non-hydrogen) atoms. The van der Waals surface area contributed by atoms with Crippen LogP contribution in [0.15, 0.2) is 10.8 Å². The summed E-state index contributed by atoms with van der Waals surface area (Å²) in [5, 5.41) is 3.25. The summed E-state index contributed by atoms with van der Waals surface area (Å²) < 4.78 is 0.890. The molecule has 0 atom stereocenters. The van der Waals surface area contributed by atoms with E-state index in [2.05, 4.69) is 51.3 Å². The fraction of sp³-hybridized carbons (Fsp3) is 0.556. The molecular formula is C9H15BrN4S. The lowest BCUT2D eigenvalue weighted by Crippen LogP contribution is -2.26. The van der Waals surface area contributed by atoms with Crippen molar-refractivity contribution in [1.29, 1.82) is 0 Å². The molecule has 0 radical (unpaired) electrons. The number of nitrogens with two attached hydrogens (primary N) is 1. The van der Waals surface area contributed by atoms with Gasteiger partial charge in [0.2, 0.25) is 0 Å². The molecule has 4 nitrogen and oxygen atoms in total. The minimum absolute atomic E-state index is 0.166. The molecule has 0 spiro atoms. The Kier molecular flexibility index (Phi) is 4.21. The summed E-state index contributed by atoms with van der Waals surface area (Å²) in [4.78, 5) is 8.00. The van der Waals surface area contributed by atoms with Crippen molar-refractivity contribution in [1.82, 2.24) is 9.97 Å². The van der Waals surface area contributed by atoms with Gasteiger partial charge in [0.25, 0.3) is 0 Å². The number of halogens is 1. The number of thioether (sulfide) groups is 1. The Morgan fingerprint density at radius 3 is 2.80 bits per heavy atom. The first-order valence-electron chi connectivity index (χ1n) is 4.51. The maximum atomic E-state index is 5.65. The number of rotatable bonds is 4. The average molecular weight is 291 g/mol. The molecule has 1 aromatic rings. The standard InChI is InChI=1S/C9H15BrN4S/c1-9(2,15-3)4-12-8-6(10)7(11)13-5-14-8/h5H,4H2,1-3H3,(H3,11,12,13,14). The van der Waals surface area contributed by atoms with Gasteiger partial charge in [0, 0.05) is 11.3 Å². The van der Waals surface area contributed by atoms with Crippen LogP contribution in [0, 0.1) is 0 Å². The molecule has 0 saturated carbocycles. The molecular weight excluding hydrogens is 276 g/mol. The third-order valence-corrected chi connectivity index (χ3v) is 4.08. The predicted molar refractivity (Wildman–Crippen MR) is 70.2 cm³/mol. The van der Waals surface area contributed by atoms with Crippen LogP contribution in [-0.2, 0) is 0 Å². The second-order valence-electron chi connectivity index (χ2n) is 3.74. The number of anilines is 2. The molecule has 1 rings (SSSR count). The largest absolute Gasteiger partial charge is 0.383 e. The van der Waals surface area contributed by atoms with Crippen LogP contribution in [0.2, 0.25) is 0 Å². The van der Waals surface area contributed by atoms with Gasteiger partial charge in [-0.2, -0.15) is 11.8 Å². The second kappa shape index (κ2) is 5.03. The highest BCUT2D eigenvalue weighted by atomic mass is 79.9. The van der Waals surface area contributed by atoms with Crippen molar-refractivity contribution in [2.75, 3.05) is 23.9 Å². The van der Waals surface area contributed by atoms with Gasteiger partial charge in [0.05, 0.1) is 0 Å². The van der Waals surface area contributed by atoms with Gasteiger partial charge >= 0.3 is 0 Å². The minimum atomic E-state index is 0.166. The molecule has 0 aliphatic carbocycles. The van der Waals surface area contributed by atoms with E-state index < -0.39 is 0 Å². The van der Waals surface area contributed by atoms with E-state index in [1.165, 1.54) is 6.33 Å². The molecule has 0 unspecified atom stereocenters. The van der Waals surface area contributed by atoms with Crippen LogP contribution in [0.4, 0.5) is 11.6 Å². The quantitative estimate of drug-likeness (QED) is 0.891. The van der Waals surface area contributed by atoms with E-state index in [0.717, 1.165) is 16.8 Å². The van der Waals surface area contributed by atoms with Gasteiger partial charge in [-0.15, -0.1) is 0 Å². The van der Waals surface area contributed by atoms with Gasteiger partial charge in [-0.25, -0.2) is 9.97 Å². The third kappa shape index (κ3) is 3.53. The molecule has 0 amide bonds. The van der Waals surface area contributed by atoms with Gasteiger partial charge < -0.3 is 11.1 Å². The van der Waals surface area contributed by atoms with E-state index in [0.29, 0.717) is 5.82 Å². The van der Waals surface area contributed by atoms with Gasteiger partial charge in [0.15, 0.2) is 0 Å². The van der Waals surface area contributed by atoms with Crippen LogP contribution in [0.3, 0.4) is 0 Å². The topological polar surface area (TPSA) is 63.8 Å². The van der Waals surface area contributed by atoms with Crippen molar-refractivity contribution in [3.05, 3.63) is 10.8 Å². The summed E-state index contributed by atoms with van der Waals surface area (Å²) in [5.74, 6) is 1.19. The normalized spacial score (nSPS) is 11.5. The zero-order valence-corrected chi connectivity index (χ0v) is 11.4. The maximum absolute atomic E-state index is 5.65. The first kappa shape index (κ1) is 12.6. The van der Waals surface area contributed by atoms with Crippen molar-refractivity contribution in [2.24, 2.45) is 0 Å². The minimum Gasteiger partial charge on any atom is -0.383 e. The van der Waals surface area contributed by atoms with E-state index >= 15 is 0 Å². The smallest absolute Gasteiger partial charge is 0.145 e. The van der Waals surface area contributed by atoms with Crippen LogP contribution >= 0.6 is 27.7 Å². The Hall–Kier alpha value is -0.490. The molecule has 0 bridgehead atoms. The number of hydrogen-bond donors (Lipinski definition) is 2. The highest BCUT2D eigenvalue weighted by Gasteiger charge is 2.16.